The van der Waals surface area contributed by atoms with Crippen LogP contribution in [0.2, 0.25) is 6.04 Å². The zero-order chi connectivity index (χ0) is 15.9. The van der Waals surface area contributed by atoms with Gasteiger partial charge in [-0.2, -0.15) is 3.89 Å². The van der Waals surface area contributed by atoms with Gasteiger partial charge in [0.25, 0.3) is 0 Å². The smallest absolute Gasteiger partial charge is 0.500 e. The van der Waals surface area contributed by atoms with Gasteiger partial charge in [0, 0.05) is 33.8 Å². The molecule has 0 aromatic heterocycles. The van der Waals surface area contributed by atoms with Crippen LogP contribution in [-0.2, 0) is 27.8 Å². The summed E-state index contributed by atoms with van der Waals surface area (Å²) >= 11 is 0. The van der Waals surface area contributed by atoms with Crippen molar-refractivity contribution < 1.29 is 42.2 Å². The van der Waals surface area contributed by atoms with Crippen LogP contribution < -0.4 is 12.4 Å². The second-order valence-corrected chi connectivity index (χ2v) is 10.1. The summed E-state index contributed by atoms with van der Waals surface area (Å²) in [5.41, 5.74) is 0. The molecule has 0 aliphatic carbocycles. The number of hydrogen-bond acceptors (Lipinski definition) is 6. The Balaban J connectivity index is 0. The van der Waals surface area contributed by atoms with Gasteiger partial charge >= 0.3 is 19.1 Å². The Morgan fingerprint density at radius 3 is 1.90 bits per heavy atom. The minimum atomic E-state index is -3.63. The number of halogens is 1. The van der Waals surface area contributed by atoms with Crippen LogP contribution in [0.15, 0.2) is 0 Å². The Hall–Kier alpha value is 0.257. The Kier molecular flexibility index (Phi) is 11.3. The minimum absolute atomic E-state index is 0. The molecule has 7 nitrogen and oxygen atoms in total. The van der Waals surface area contributed by atoms with Crippen molar-refractivity contribution in [2.75, 3.05) is 48.6 Å². The molecule has 0 radical (unpaired) electrons. The number of hydrogen-bond donors (Lipinski definition) is 0. The first-order valence-corrected chi connectivity index (χ1v) is 9.88. The molecule has 0 bridgehead atoms. The lowest BCUT2D eigenvalue weighted by molar-refractivity contribution is -0.767. The summed E-state index contributed by atoms with van der Waals surface area (Å²) in [6.07, 6.45) is 1.26. The van der Waals surface area contributed by atoms with Crippen LogP contribution >= 0.6 is 0 Å². The second kappa shape index (κ2) is 10.1. The van der Waals surface area contributed by atoms with Gasteiger partial charge in [0.1, 0.15) is 0 Å². The predicted octanol–water partition coefficient (Wildman–Crippen LogP) is -1.99. The molecule has 0 aliphatic rings. The molecule has 0 unspecified atom stereocenters. The van der Waals surface area contributed by atoms with E-state index in [4.69, 9.17) is 17.5 Å². The highest BCUT2D eigenvalue weighted by Crippen LogP contribution is 2.19. The molecule has 0 amide bonds. The standard InChI is InChI=1S/C11H28NO6SSi.ClH/c1-7-10-18-19(13,14)12(2,3)9-8-11-20(15-4,16-5)17-6;/h7-11H2,1-6H3;1H/q+1;/p-1. The molecule has 0 fully saturated rings. The highest BCUT2D eigenvalue weighted by molar-refractivity contribution is 7.81. The normalized spacial score (nSPS) is 13.0. The van der Waals surface area contributed by atoms with E-state index in [1.807, 2.05) is 6.92 Å². The lowest BCUT2D eigenvalue weighted by Crippen LogP contribution is -3.00. The van der Waals surface area contributed by atoms with E-state index in [1.54, 1.807) is 35.4 Å². The quantitative estimate of drug-likeness (QED) is 0.312. The van der Waals surface area contributed by atoms with E-state index in [-0.39, 0.29) is 22.9 Å². The average Bonchev–Trinajstić information content (AvgIpc) is 2.41. The monoisotopic (exact) mass is 365 g/mol. The molecule has 0 spiro atoms. The zero-order valence-corrected chi connectivity index (χ0v) is 16.3. The largest absolute Gasteiger partial charge is 1.00 e. The molecule has 0 heterocycles. The summed E-state index contributed by atoms with van der Waals surface area (Å²) in [6, 6.07) is 0.557. The Morgan fingerprint density at radius 2 is 1.52 bits per heavy atom. The first-order valence-electron chi connectivity index (χ1n) is 6.58. The number of nitrogens with zero attached hydrogens (tertiary/aromatic N) is 1. The van der Waals surface area contributed by atoms with Crippen molar-refractivity contribution >= 4 is 19.1 Å². The van der Waals surface area contributed by atoms with Gasteiger partial charge in [0.05, 0.1) is 27.2 Å². The number of rotatable bonds is 11. The third-order valence-corrected chi connectivity index (χ3v) is 7.84. The SMILES string of the molecule is CCCOS(=O)(=O)[N+](C)(C)CCC[Si](OC)(OC)OC.[Cl-]. The van der Waals surface area contributed by atoms with Crippen molar-refractivity contribution in [3.8, 4) is 0 Å². The van der Waals surface area contributed by atoms with Gasteiger partial charge in [-0.1, -0.05) is 6.92 Å². The fraction of sp³-hybridized carbons (Fsp3) is 1.00. The summed E-state index contributed by atoms with van der Waals surface area (Å²) in [4.78, 5) is 0. The van der Waals surface area contributed by atoms with Crippen LogP contribution in [-0.4, -0.2) is 69.7 Å². The number of quaternary nitrogens is 1. The van der Waals surface area contributed by atoms with Gasteiger partial charge in [-0.3, -0.25) is 0 Å². The van der Waals surface area contributed by atoms with Gasteiger partial charge in [-0.25, -0.2) is 4.18 Å². The summed E-state index contributed by atoms with van der Waals surface area (Å²) < 4.78 is 44.8. The lowest BCUT2D eigenvalue weighted by atomic mass is 10.4. The minimum Gasteiger partial charge on any atom is -1.00 e. The van der Waals surface area contributed by atoms with E-state index in [9.17, 15) is 8.42 Å². The Bertz CT molecular complexity index is 367. The molecular formula is C11H28ClNO6SSi. The van der Waals surface area contributed by atoms with Crippen LogP contribution in [0.3, 0.4) is 0 Å². The average molecular weight is 366 g/mol. The van der Waals surface area contributed by atoms with Crippen molar-refractivity contribution in [1.29, 1.82) is 0 Å². The van der Waals surface area contributed by atoms with E-state index < -0.39 is 19.1 Å². The molecule has 0 rings (SSSR count). The molecule has 0 aromatic rings. The van der Waals surface area contributed by atoms with Crippen LogP contribution in [0.5, 0.6) is 0 Å². The van der Waals surface area contributed by atoms with Crippen LogP contribution in [0.1, 0.15) is 19.8 Å². The molecule has 0 aliphatic heterocycles. The van der Waals surface area contributed by atoms with Crippen LogP contribution in [0, 0.1) is 0 Å². The van der Waals surface area contributed by atoms with E-state index in [2.05, 4.69) is 0 Å². The summed E-state index contributed by atoms with van der Waals surface area (Å²) in [7, 11) is 1.57. The fourth-order valence-corrected chi connectivity index (χ4v) is 4.39. The van der Waals surface area contributed by atoms with Gasteiger partial charge in [0.2, 0.25) is 0 Å². The molecule has 0 aromatic carbocycles. The molecular weight excluding hydrogens is 338 g/mol. The highest BCUT2D eigenvalue weighted by atomic mass is 35.5. The summed E-state index contributed by atoms with van der Waals surface area (Å²) in [5, 5.41) is 0. The van der Waals surface area contributed by atoms with E-state index >= 15 is 0 Å². The van der Waals surface area contributed by atoms with Crippen LogP contribution in [0.25, 0.3) is 0 Å². The fourth-order valence-electron chi connectivity index (χ4n) is 1.68. The third-order valence-electron chi connectivity index (χ3n) is 3.15. The van der Waals surface area contributed by atoms with Gasteiger partial charge in [-0.05, 0) is 6.42 Å². The van der Waals surface area contributed by atoms with E-state index in [0.717, 1.165) is 0 Å². The van der Waals surface area contributed by atoms with Crippen molar-refractivity contribution in [3.63, 3.8) is 0 Å². The maximum absolute atomic E-state index is 12.0. The van der Waals surface area contributed by atoms with E-state index in [1.165, 1.54) is 0 Å². The maximum atomic E-state index is 12.0. The first-order chi connectivity index (χ1) is 9.20. The Labute approximate surface area is 136 Å². The van der Waals surface area contributed by atoms with Crippen LogP contribution in [0.4, 0.5) is 0 Å². The van der Waals surface area contributed by atoms with Crippen molar-refractivity contribution in [2.24, 2.45) is 0 Å². The van der Waals surface area contributed by atoms with Crippen molar-refractivity contribution in [3.05, 3.63) is 0 Å². The van der Waals surface area contributed by atoms with E-state index in [0.29, 0.717) is 25.4 Å². The first kappa shape index (κ1) is 23.5. The lowest BCUT2D eigenvalue weighted by Gasteiger charge is -2.29. The van der Waals surface area contributed by atoms with Gasteiger partial charge in [-0.15, -0.1) is 8.42 Å². The molecule has 0 atom stereocenters. The van der Waals surface area contributed by atoms with Crippen molar-refractivity contribution in [1.82, 2.24) is 0 Å². The molecule has 0 saturated heterocycles. The molecule has 0 N–H and O–H groups in total. The Morgan fingerprint density at radius 1 is 1.05 bits per heavy atom. The maximum Gasteiger partial charge on any atom is 0.500 e. The zero-order valence-electron chi connectivity index (χ0n) is 13.7. The van der Waals surface area contributed by atoms with Crippen molar-refractivity contribution in [2.45, 2.75) is 25.8 Å². The summed E-state index contributed by atoms with van der Waals surface area (Å²) in [6.45, 7) is 2.47. The highest BCUT2D eigenvalue weighted by Gasteiger charge is 2.40. The molecule has 130 valence electrons. The predicted molar refractivity (Wildman–Crippen MR) is 78.3 cm³/mol. The summed E-state index contributed by atoms with van der Waals surface area (Å²) in [5.74, 6) is 0. The topological polar surface area (TPSA) is 71.1 Å². The molecule has 10 heteroatoms. The second-order valence-electron chi connectivity index (χ2n) is 4.95. The van der Waals surface area contributed by atoms with Gasteiger partial charge in [0.15, 0.2) is 0 Å². The molecule has 0 saturated carbocycles. The molecule has 21 heavy (non-hydrogen) atoms. The third kappa shape index (κ3) is 6.91. The van der Waals surface area contributed by atoms with Gasteiger partial charge < -0.3 is 25.7 Å².